The van der Waals surface area contributed by atoms with E-state index in [4.69, 9.17) is 9.15 Å². The van der Waals surface area contributed by atoms with Crippen molar-refractivity contribution in [3.05, 3.63) is 88.9 Å². The topological polar surface area (TPSA) is 80.0 Å². The van der Waals surface area contributed by atoms with Crippen LogP contribution >= 0.6 is 0 Å². The predicted molar refractivity (Wildman–Crippen MR) is 126 cm³/mol. The third kappa shape index (κ3) is 4.29. The van der Waals surface area contributed by atoms with Crippen LogP contribution in [0.3, 0.4) is 0 Å². The third-order valence-corrected chi connectivity index (χ3v) is 5.60. The Kier molecular flexibility index (Phi) is 6.09. The molecule has 0 aliphatic carbocycles. The van der Waals surface area contributed by atoms with Crippen LogP contribution in [-0.2, 0) is 16.0 Å². The van der Waals surface area contributed by atoms with Gasteiger partial charge in [-0.1, -0.05) is 19.1 Å². The Morgan fingerprint density at radius 1 is 1.03 bits per heavy atom. The van der Waals surface area contributed by atoms with E-state index in [1.807, 2.05) is 45.0 Å². The number of ketones is 1. The molecule has 1 saturated heterocycles. The minimum Gasteiger partial charge on any atom is -0.507 e. The number of amides is 1. The summed E-state index contributed by atoms with van der Waals surface area (Å²) < 4.78 is 11.5. The molecule has 2 heterocycles. The molecule has 1 amide bonds. The Bertz CT molecular complexity index is 1200. The normalized spacial score (nSPS) is 17.7. The number of Topliss-reactive ketones (excluding diaryl/α,β-unsaturated/α-hetero) is 1. The first kappa shape index (κ1) is 22.4. The number of anilines is 1. The van der Waals surface area contributed by atoms with Gasteiger partial charge in [0.2, 0.25) is 0 Å². The van der Waals surface area contributed by atoms with Gasteiger partial charge >= 0.3 is 0 Å². The van der Waals surface area contributed by atoms with Crippen molar-refractivity contribution >= 4 is 23.1 Å². The monoisotopic (exact) mass is 445 g/mol. The highest BCUT2D eigenvalue weighted by Crippen LogP contribution is 2.42. The quantitative estimate of drug-likeness (QED) is 0.305. The molecule has 33 heavy (non-hydrogen) atoms. The molecule has 1 N–H and O–H groups in total. The molecule has 0 bridgehead atoms. The molecule has 1 aliphatic rings. The fraction of sp³-hybridized carbons (Fsp3) is 0.259. The molecule has 1 aliphatic heterocycles. The van der Waals surface area contributed by atoms with Gasteiger partial charge in [0.1, 0.15) is 29.1 Å². The Hall–Kier alpha value is -3.80. The van der Waals surface area contributed by atoms with Crippen molar-refractivity contribution in [2.24, 2.45) is 0 Å². The van der Waals surface area contributed by atoms with E-state index in [0.29, 0.717) is 28.5 Å². The van der Waals surface area contributed by atoms with E-state index in [0.717, 1.165) is 12.0 Å². The molecule has 6 heteroatoms. The summed E-state index contributed by atoms with van der Waals surface area (Å²) in [6, 6.07) is 16.9. The maximum absolute atomic E-state index is 13.2. The van der Waals surface area contributed by atoms with Gasteiger partial charge in [-0.2, -0.15) is 0 Å². The number of ether oxygens (including phenoxy) is 1. The van der Waals surface area contributed by atoms with Gasteiger partial charge in [-0.15, -0.1) is 0 Å². The average molecular weight is 446 g/mol. The third-order valence-electron chi connectivity index (χ3n) is 5.60. The second-order valence-electron chi connectivity index (χ2n) is 8.33. The minimum atomic E-state index is -0.877. The van der Waals surface area contributed by atoms with E-state index >= 15 is 0 Å². The van der Waals surface area contributed by atoms with Gasteiger partial charge < -0.3 is 14.3 Å². The Morgan fingerprint density at radius 3 is 2.24 bits per heavy atom. The fourth-order valence-corrected chi connectivity index (χ4v) is 3.98. The van der Waals surface area contributed by atoms with Gasteiger partial charge in [0.15, 0.2) is 0 Å². The van der Waals surface area contributed by atoms with Gasteiger partial charge in [-0.05, 0) is 81.3 Å². The number of carbonyl (C=O) groups is 2. The summed E-state index contributed by atoms with van der Waals surface area (Å²) in [6.07, 6.45) is 0.868. The number of furan rings is 1. The summed E-state index contributed by atoms with van der Waals surface area (Å²) in [4.78, 5) is 27.7. The van der Waals surface area contributed by atoms with E-state index in [1.54, 1.807) is 43.3 Å². The molecule has 1 atom stereocenters. The standard InChI is InChI=1S/C27H27NO5/c1-5-18-7-11-20(12-8-18)28-24(22-15-6-17(4)33-22)23(26(30)27(28)31)25(29)19-9-13-21(14-10-19)32-16(2)3/h6-16,24,29H,5H2,1-4H3/b25-23-. The lowest BCUT2D eigenvalue weighted by Gasteiger charge is -2.23. The maximum Gasteiger partial charge on any atom is 0.300 e. The van der Waals surface area contributed by atoms with Crippen LogP contribution in [0.5, 0.6) is 5.75 Å². The summed E-state index contributed by atoms with van der Waals surface area (Å²) in [7, 11) is 0. The molecule has 3 aromatic rings. The SMILES string of the molecule is CCc1ccc(N2C(=O)C(=O)/C(=C(\O)c3ccc(OC(C)C)cc3)C2c2ccc(C)o2)cc1. The smallest absolute Gasteiger partial charge is 0.300 e. The molecule has 6 nitrogen and oxygen atoms in total. The van der Waals surface area contributed by atoms with Crippen molar-refractivity contribution in [1.82, 2.24) is 0 Å². The predicted octanol–water partition coefficient (Wildman–Crippen LogP) is 5.56. The van der Waals surface area contributed by atoms with E-state index in [9.17, 15) is 14.7 Å². The number of hydrogen-bond donors (Lipinski definition) is 1. The van der Waals surface area contributed by atoms with Crippen LogP contribution in [0.1, 0.15) is 49.5 Å². The highest BCUT2D eigenvalue weighted by molar-refractivity contribution is 6.51. The first-order chi connectivity index (χ1) is 15.8. The highest BCUT2D eigenvalue weighted by atomic mass is 16.5. The van der Waals surface area contributed by atoms with Gasteiger partial charge in [0, 0.05) is 11.3 Å². The molecule has 4 rings (SSSR count). The fourth-order valence-electron chi connectivity index (χ4n) is 3.98. The van der Waals surface area contributed by atoms with Crippen LogP contribution < -0.4 is 9.64 Å². The number of aliphatic hydroxyl groups excluding tert-OH is 1. The Morgan fingerprint density at radius 2 is 1.70 bits per heavy atom. The van der Waals surface area contributed by atoms with Gasteiger partial charge in [-0.25, -0.2) is 0 Å². The van der Waals surface area contributed by atoms with Crippen molar-refractivity contribution < 1.29 is 23.8 Å². The van der Waals surface area contributed by atoms with Crippen LogP contribution in [0.25, 0.3) is 5.76 Å². The van der Waals surface area contributed by atoms with Gasteiger partial charge in [0.25, 0.3) is 11.7 Å². The van der Waals surface area contributed by atoms with Crippen LogP contribution in [0.15, 0.2) is 70.7 Å². The number of aliphatic hydroxyl groups is 1. The summed E-state index contributed by atoms with van der Waals surface area (Å²) >= 11 is 0. The highest BCUT2D eigenvalue weighted by Gasteiger charge is 2.48. The molecule has 0 radical (unpaired) electrons. The first-order valence-electron chi connectivity index (χ1n) is 11.0. The zero-order valence-electron chi connectivity index (χ0n) is 19.2. The molecular weight excluding hydrogens is 418 g/mol. The molecule has 0 spiro atoms. The van der Waals surface area contributed by atoms with E-state index in [1.165, 1.54) is 4.90 Å². The number of benzene rings is 2. The van der Waals surface area contributed by atoms with Crippen molar-refractivity contribution in [2.75, 3.05) is 4.90 Å². The lowest BCUT2D eigenvalue weighted by Crippen LogP contribution is -2.29. The van der Waals surface area contributed by atoms with Crippen LogP contribution in [0.2, 0.25) is 0 Å². The zero-order valence-corrected chi connectivity index (χ0v) is 19.2. The molecule has 1 aromatic heterocycles. The molecule has 2 aromatic carbocycles. The van der Waals surface area contributed by atoms with Crippen molar-refractivity contribution in [3.8, 4) is 5.75 Å². The van der Waals surface area contributed by atoms with Crippen molar-refractivity contribution in [3.63, 3.8) is 0 Å². The van der Waals surface area contributed by atoms with Crippen LogP contribution in [0, 0.1) is 6.92 Å². The lowest BCUT2D eigenvalue weighted by molar-refractivity contribution is -0.132. The van der Waals surface area contributed by atoms with Gasteiger partial charge in [-0.3, -0.25) is 14.5 Å². The van der Waals surface area contributed by atoms with Crippen LogP contribution in [0.4, 0.5) is 5.69 Å². The molecule has 1 unspecified atom stereocenters. The summed E-state index contributed by atoms with van der Waals surface area (Å²) in [5.41, 5.74) is 2.09. The largest absolute Gasteiger partial charge is 0.507 e. The number of rotatable bonds is 6. The summed E-state index contributed by atoms with van der Waals surface area (Å²) in [5, 5.41) is 11.2. The number of aryl methyl sites for hydroxylation is 2. The maximum atomic E-state index is 13.2. The number of carbonyl (C=O) groups excluding carboxylic acids is 2. The average Bonchev–Trinajstić information content (AvgIpc) is 3.34. The molecule has 170 valence electrons. The van der Waals surface area contributed by atoms with E-state index < -0.39 is 17.7 Å². The second kappa shape index (κ2) is 8.98. The lowest BCUT2D eigenvalue weighted by atomic mass is 9.99. The van der Waals surface area contributed by atoms with E-state index in [2.05, 4.69) is 0 Å². The molecule has 0 saturated carbocycles. The van der Waals surface area contributed by atoms with Gasteiger partial charge in [0.05, 0.1) is 11.7 Å². The van der Waals surface area contributed by atoms with E-state index in [-0.39, 0.29) is 17.4 Å². The zero-order chi connectivity index (χ0) is 23.7. The van der Waals surface area contributed by atoms with Crippen LogP contribution in [-0.4, -0.2) is 22.9 Å². The Balaban J connectivity index is 1.83. The minimum absolute atomic E-state index is 0.00792. The van der Waals surface area contributed by atoms with Crippen molar-refractivity contribution in [2.45, 2.75) is 46.3 Å². The Labute approximate surface area is 193 Å². The number of hydrogen-bond acceptors (Lipinski definition) is 5. The molecular formula is C27H27NO5. The first-order valence-corrected chi connectivity index (χ1v) is 11.0. The summed E-state index contributed by atoms with van der Waals surface area (Å²) in [6.45, 7) is 7.69. The second-order valence-corrected chi connectivity index (χ2v) is 8.33. The summed E-state index contributed by atoms with van der Waals surface area (Å²) in [5.74, 6) is -0.0136. The number of nitrogens with zero attached hydrogens (tertiary/aromatic N) is 1. The molecule has 1 fully saturated rings. The van der Waals surface area contributed by atoms with Crippen molar-refractivity contribution in [1.29, 1.82) is 0 Å².